The van der Waals surface area contributed by atoms with Gasteiger partial charge >= 0.3 is 0 Å². The lowest BCUT2D eigenvalue weighted by molar-refractivity contribution is 0.115. The molecule has 2 N–H and O–H groups in total. The number of pyridine rings is 1. The largest absolute Gasteiger partial charge is 0.376 e. The summed E-state index contributed by atoms with van der Waals surface area (Å²) < 4.78 is 5.67. The monoisotopic (exact) mass is 269 g/mol. The van der Waals surface area contributed by atoms with E-state index in [1.165, 1.54) is 0 Å². The van der Waals surface area contributed by atoms with Gasteiger partial charge in [-0.05, 0) is 31.4 Å². The summed E-state index contributed by atoms with van der Waals surface area (Å²) in [5, 5.41) is 0.667. The van der Waals surface area contributed by atoms with Crippen LogP contribution in [-0.4, -0.2) is 30.8 Å². The minimum Gasteiger partial charge on any atom is -0.376 e. The summed E-state index contributed by atoms with van der Waals surface area (Å²) >= 11 is 6.34. The number of anilines is 1. The molecule has 5 heteroatoms. The second-order valence-electron chi connectivity index (χ2n) is 4.49. The van der Waals surface area contributed by atoms with Crippen LogP contribution in [0.15, 0.2) is 12.3 Å². The zero-order chi connectivity index (χ0) is 13.0. The lowest BCUT2D eigenvalue weighted by Crippen LogP contribution is -2.33. The molecule has 100 valence electrons. The summed E-state index contributed by atoms with van der Waals surface area (Å²) in [6, 6.07) is 1.87. The molecule has 0 aromatic carbocycles. The number of hydrogen-bond acceptors (Lipinski definition) is 4. The Balaban J connectivity index is 2.15. The number of hydrogen-bond donors (Lipinski definition) is 1. The van der Waals surface area contributed by atoms with Gasteiger partial charge in [-0.25, -0.2) is 4.98 Å². The van der Waals surface area contributed by atoms with Gasteiger partial charge in [-0.1, -0.05) is 11.6 Å². The molecule has 1 aliphatic rings. The molecule has 1 aromatic heterocycles. The molecule has 2 heterocycles. The van der Waals surface area contributed by atoms with Crippen molar-refractivity contribution in [3.05, 3.63) is 22.8 Å². The summed E-state index contributed by atoms with van der Waals surface area (Å²) in [5.74, 6) is 0.817. The predicted octanol–water partition coefficient (Wildman–Crippen LogP) is 2.20. The van der Waals surface area contributed by atoms with Gasteiger partial charge in [-0.3, -0.25) is 0 Å². The maximum atomic E-state index is 6.34. The molecule has 0 bridgehead atoms. The van der Waals surface area contributed by atoms with Crippen LogP contribution >= 0.6 is 11.6 Å². The Morgan fingerprint density at radius 3 is 3.06 bits per heavy atom. The Bertz CT molecular complexity index is 394. The highest BCUT2D eigenvalue weighted by molar-refractivity contribution is 6.33. The Morgan fingerprint density at radius 2 is 2.44 bits per heavy atom. The highest BCUT2D eigenvalue weighted by Gasteiger charge is 2.21. The molecule has 18 heavy (non-hydrogen) atoms. The molecule has 0 aliphatic carbocycles. The number of ether oxygens (including phenoxy) is 1. The van der Waals surface area contributed by atoms with E-state index in [4.69, 9.17) is 22.1 Å². The van der Waals surface area contributed by atoms with Crippen LogP contribution in [0.2, 0.25) is 5.02 Å². The van der Waals surface area contributed by atoms with Crippen LogP contribution in [0.1, 0.15) is 25.3 Å². The van der Waals surface area contributed by atoms with Gasteiger partial charge in [-0.15, -0.1) is 0 Å². The van der Waals surface area contributed by atoms with Crippen LogP contribution < -0.4 is 10.6 Å². The predicted molar refractivity (Wildman–Crippen MR) is 74.0 cm³/mol. The van der Waals surface area contributed by atoms with Gasteiger partial charge in [0.2, 0.25) is 0 Å². The van der Waals surface area contributed by atoms with E-state index in [-0.39, 0.29) is 0 Å². The minimum absolute atomic E-state index is 0.296. The first-order chi connectivity index (χ1) is 8.76. The molecule has 1 unspecified atom stereocenters. The van der Waals surface area contributed by atoms with Crippen LogP contribution in [0, 0.1) is 0 Å². The van der Waals surface area contributed by atoms with Crippen LogP contribution in [0.5, 0.6) is 0 Å². The van der Waals surface area contributed by atoms with E-state index >= 15 is 0 Å². The number of halogens is 1. The summed E-state index contributed by atoms with van der Waals surface area (Å²) in [6.45, 7) is 5.11. The second kappa shape index (κ2) is 6.36. The fourth-order valence-corrected chi connectivity index (χ4v) is 2.56. The van der Waals surface area contributed by atoms with E-state index in [0.717, 1.165) is 43.9 Å². The van der Waals surface area contributed by atoms with Crippen LogP contribution in [0.25, 0.3) is 0 Å². The van der Waals surface area contributed by atoms with Crippen molar-refractivity contribution in [2.24, 2.45) is 5.73 Å². The first kappa shape index (κ1) is 13.6. The fraction of sp³-hybridized carbons (Fsp3) is 0.615. The lowest BCUT2D eigenvalue weighted by atomic mass is 10.2. The maximum absolute atomic E-state index is 6.34. The maximum Gasteiger partial charge on any atom is 0.147 e. The molecule has 1 saturated heterocycles. The van der Waals surface area contributed by atoms with E-state index in [9.17, 15) is 0 Å². The topological polar surface area (TPSA) is 51.4 Å². The first-order valence-electron chi connectivity index (χ1n) is 6.46. The highest BCUT2D eigenvalue weighted by Crippen LogP contribution is 2.27. The van der Waals surface area contributed by atoms with Crippen molar-refractivity contribution in [3.8, 4) is 0 Å². The third-order valence-corrected chi connectivity index (χ3v) is 3.71. The standard InChI is InChI=1S/C13H20ClN3O/c1-2-17(9-11-4-3-7-18-11)13-12(14)10(8-15)5-6-16-13/h5-6,11H,2-4,7-9,15H2,1H3. The van der Waals surface area contributed by atoms with E-state index in [1.54, 1.807) is 6.20 Å². The van der Waals surface area contributed by atoms with Crippen LogP contribution in [0.3, 0.4) is 0 Å². The Kier molecular flexibility index (Phi) is 4.80. The Morgan fingerprint density at radius 1 is 1.61 bits per heavy atom. The number of likely N-dealkylation sites (N-methyl/N-ethyl adjacent to an activating group) is 1. The van der Waals surface area contributed by atoms with Crippen molar-refractivity contribution < 1.29 is 4.74 Å². The van der Waals surface area contributed by atoms with Crippen molar-refractivity contribution in [3.63, 3.8) is 0 Å². The van der Waals surface area contributed by atoms with E-state index in [2.05, 4.69) is 16.8 Å². The summed E-state index contributed by atoms with van der Waals surface area (Å²) in [4.78, 5) is 6.55. The molecule has 0 radical (unpaired) electrons. The van der Waals surface area contributed by atoms with Gasteiger partial charge < -0.3 is 15.4 Å². The SMILES string of the molecule is CCN(CC1CCCO1)c1nccc(CN)c1Cl. The van der Waals surface area contributed by atoms with Crippen molar-refractivity contribution in [1.29, 1.82) is 0 Å². The highest BCUT2D eigenvalue weighted by atomic mass is 35.5. The van der Waals surface area contributed by atoms with E-state index in [1.807, 2.05) is 6.07 Å². The zero-order valence-corrected chi connectivity index (χ0v) is 11.5. The number of aromatic nitrogens is 1. The molecule has 0 saturated carbocycles. The summed E-state index contributed by atoms with van der Waals surface area (Å²) in [6.07, 6.45) is 4.32. The van der Waals surface area contributed by atoms with Crippen LogP contribution in [-0.2, 0) is 11.3 Å². The Labute approximate surface area is 113 Å². The molecular weight excluding hydrogens is 250 g/mol. The van der Waals surface area contributed by atoms with E-state index < -0.39 is 0 Å². The molecule has 1 aliphatic heterocycles. The molecule has 0 spiro atoms. The van der Waals surface area contributed by atoms with Gasteiger partial charge in [-0.2, -0.15) is 0 Å². The summed E-state index contributed by atoms with van der Waals surface area (Å²) in [5.41, 5.74) is 6.61. The molecule has 1 fully saturated rings. The third kappa shape index (κ3) is 2.94. The van der Waals surface area contributed by atoms with Gasteiger partial charge in [0, 0.05) is 32.4 Å². The summed E-state index contributed by atoms with van der Waals surface area (Å²) in [7, 11) is 0. The number of nitrogens with zero attached hydrogens (tertiary/aromatic N) is 2. The van der Waals surface area contributed by atoms with Gasteiger partial charge in [0.25, 0.3) is 0 Å². The normalized spacial score (nSPS) is 19.2. The zero-order valence-electron chi connectivity index (χ0n) is 10.7. The van der Waals surface area contributed by atoms with Gasteiger partial charge in [0.15, 0.2) is 0 Å². The minimum atomic E-state index is 0.296. The van der Waals surface area contributed by atoms with Crippen molar-refractivity contribution in [2.45, 2.75) is 32.4 Å². The number of nitrogens with two attached hydrogens (primary N) is 1. The lowest BCUT2D eigenvalue weighted by Gasteiger charge is -2.26. The first-order valence-corrected chi connectivity index (χ1v) is 6.84. The molecule has 1 aromatic rings. The van der Waals surface area contributed by atoms with Crippen molar-refractivity contribution in [1.82, 2.24) is 4.98 Å². The average Bonchev–Trinajstić information content (AvgIpc) is 2.89. The second-order valence-corrected chi connectivity index (χ2v) is 4.86. The van der Waals surface area contributed by atoms with E-state index in [0.29, 0.717) is 17.7 Å². The van der Waals surface area contributed by atoms with Crippen molar-refractivity contribution in [2.75, 3.05) is 24.6 Å². The fourth-order valence-electron chi connectivity index (χ4n) is 2.25. The van der Waals surface area contributed by atoms with Gasteiger partial charge in [0.1, 0.15) is 5.82 Å². The number of rotatable bonds is 5. The smallest absolute Gasteiger partial charge is 0.147 e. The van der Waals surface area contributed by atoms with Crippen molar-refractivity contribution >= 4 is 17.4 Å². The molecule has 4 nitrogen and oxygen atoms in total. The van der Waals surface area contributed by atoms with Crippen LogP contribution in [0.4, 0.5) is 5.82 Å². The quantitative estimate of drug-likeness (QED) is 0.890. The Hall–Kier alpha value is -0.840. The van der Waals surface area contributed by atoms with Gasteiger partial charge in [0.05, 0.1) is 11.1 Å². The molecule has 1 atom stereocenters. The average molecular weight is 270 g/mol. The third-order valence-electron chi connectivity index (χ3n) is 3.30. The molecule has 0 amide bonds. The molecule has 2 rings (SSSR count). The molecular formula is C13H20ClN3O.